The van der Waals surface area contributed by atoms with Crippen molar-refractivity contribution >= 4 is 23.4 Å². The molecule has 7 nitrogen and oxygen atoms in total. The molecule has 0 aliphatic carbocycles. The molecule has 1 aliphatic heterocycles. The fourth-order valence-corrected chi connectivity index (χ4v) is 4.56. The van der Waals surface area contributed by atoms with Crippen LogP contribution in [-0.4, -0.2) is 44.4 Å². The topological polar surface area (TPSA) is 86.8 Å². The SMILES string of the molecule is N#CCc1ccc(NC(=O)CSc2nnc(CN3CCCCC3)n2-c2ccc(F)cc2)cc1. The van der Waals surface area contributed by atoms with Gasteiger partial charge in [0.2, 0.25) is 5.91 Å². The largest absolute Gasteiger partial charge is 0.325 e. The number of aromatic nitrogens is 3. The van der Waals surface area contributed by atoms with Gasteiger partial charge in [0.15, 0.2) is 11.0 Å². The van der Waals surface area contributed by atoms with Gasteiger partial charge in [0.1, 0.15) is 5.82 Å². The molecule has 0 unspecified atom stereocenters. The molecule has 170 valence electrons. The van der Waals surface area contributed by atoms with Gasteiger partial charge in [-0.05, 0) is 67.9 Å². The predicted octanol–water partition coefficient (Wildman–Crippen LogP) is 4.19. The third-order valence-electron chi connectivity index (χ3n) is 5.45. The molecular formula is C24H25FN6OS. The van der Waals surface area contributed by atoms with Gasteiger partial charge in [0, 0.05) is 11.4 Å². The van der Waals surface area contributed by atoms with E-state index in [1.165, 1.54) is 43.2 Å². The number of thioether (sulfide) groups is 1. The summed E-state index contributed by atoms with van der Waals surface area (Å²) in [5.41, 5.74) is 2.34. The van der Waals surface area contributed by atoms with Crippen LogP contribution in [0.25, 0.3) is 5.69 Å². The molecule has 1 amide bonds. The van der Waals surface area contributed by atoms with Gasteiger partial charge in [0.05, 0.1) is 24.8 Å². The number of hydrogen-bond donors (Lipinski definition) is 1. The van der Waals surface area contributed by atoms with Crippen molar-refractivity contribution in [3.8, 4) is 11.8 Å². The first-order chi connectivity index (χ1) is 16.1. The second-order valence-electron chi connectivity index (χ2n) is 7.92. The summed E-state index contributed by atoms with van der Waals surface area (Å²) in [5, 5.41) is 21.0. The van der Waals surface area contributed by atoms with Gasteiger partial charge in [-0.3, -0.25) is 14.3 Å². The second-order valence-corrected chi connectivity index (χ2v) is 8.86. The molecule has 1 aliphatic rings. The van der Waals surface area contributed by atoms with E-state index in [4.69, 9.17) is 5.26 Å². The lowest BCUT2D eigenvalue weighted by Crippen LogP contribution is -2.30. The smallest absolute Gasteiger partial charge is 0.234 e. The zero-order chi connectivity index (χ0) is 23.0. The predicted molar refractivity (Wildman–Crippen MR) is 126 cm³/mol. The maximum absolute atomic E-state index is 13.5. The summed E-state index contributed by atoms with van der Waals surface area (Å²) < 4.78 is 15.4. The van der Waals surface area contributed by atoms with Crippen LogP contribution in [-0.2, 0) is 17.8 Å². The van der Waals surface area contributed by atoms with Crippen LogP contribution in [0, 0.1) is 17.1 Å². The second kappa shape index (κ2) is 11.1. The average molecular weight is 465 g/mol. The lowest BCUT2D eigenvalue weighted by atomic mass is 10.1. The Bertz CT molecular complexity index is 1120. The van der Waals surface area contributed by atoms with Gasteiger partial charge < -0.3 is 5.32 Å². The highest BCUT2D eigenvalue weighted by molar-refractivity contribution is 7.99. The van der Waals surface area contributed by atoms with Gasteiger partial charge >= 0.3 is 0 Å². The number of rotatable bonds is 8. The number of benzene rings is 2. The molecule has 1 aromatic heterocycles. The summed E-state index contributed by atoms with van der Waals surface area (Å²) in [6.07, 6.45) is 3.93. The van der Waals surface area contributed by atoms with Crippen LogP contribution < -0.4 is 5.32 Å². The van der Waals surface area contributed by atoms with E-state index >= 15 is 0 Å². The average Bonchev–Trinajstić information content (AvgIpc) is 3.22. The normalized spacial score (nSPS) is 14.1. The molecule has 0 saturated carbocycles. The van der Waals surface area contributed by atoms with Gasteiger partial charge in [0.25, 0.3) is 0 Å². The molecule has 3 aromatic rings. The van der Waals surface area contributed by atoms with Crippen molar-refractivity contribution in [2.45, 2.75) is 37.4 Å². The van der Waals surface area contributed by atoms with E-state index in [-0.39, 0.29) is 17.5 Å². The molecule has 0 atom stereocenters. The van der Waals surface area contributed by atoms with Crippen LogP contribution in [0.1, 0.15) is 30.7 Å². The Morgan fingerprint density at radius 2 is 1.79 bits per heavy atom. The van der Waals surface area contributed by atoms with Crippen molar-refractivity contribution in [1.29, 1.82) is 5.26 Å². The molecule has 0 bridgehead atoms. The van der Waals surface area contributed by atoms with Gasteiger partial charge in [-0.1, -0.05) is 30.3 Å². The third kappa shape index (κ3) is 6.18. The number of nitrogens with zero attached hydrogens (tertiary/aromatic N) is 5. The summed E-state index contributed by atoms with van der Waals surface area (Å²) in [5.74, 6) is 0.459. The molecule has 1 N–H and O–H groups in total. The third-order valence-corrected chi connectivity index (χ3v) is 6.38. The highest BCUT2D eigenvalue weighted by Gasteiger charge is 2.19. The monoisotopic (exact) mass is 464 g/mol. The number of carbonyl (C=O) groups is 1. The summed E-state index contributed by atoms with van der Waals surface area (Å²) >= 11 is 1.29. The van der Waals surface area contributed by atoms with E-state index in [2.05, 4.69) is 26.5 Å². The Labute approximate surface area is 196 Å². The zero-order valence-corrected chi connectivity index (χ0v) is 19.0. The van der Waals surface area contributed by atoms with Crippen LogP contribution in [0.2, 0.25) is 0 Å². The summed E-state index contributed by atoms with van der Waals surface area (Å²) in [6.45, 7) is 2.70. The number of nitriles is 1. The number of carbonyl (C=O) groups excluding carboxylic acids is 1. The van der Waals surface area contributed by atoms with Crippen molar-refractivity contribution in [3.63, 3.8) is 0 Å². The molecule has 33 heavy (non-hydrogen) atoms. The minimum atomic E-state index is -0.307. The molecule has 1 saturated heterocycles. The lowest BCUT2D eigenvalue weighted by molar-refractivity contribution is -0.113. The van der Waals surface area contributed by atoms with Crippen LogP contribution >= 0.6 is 11.8 Å². The standard InChI is InChI=1S/C24H25FN6OS/c25-19-6-10-21(11-7-19)31-22(16-30-14-2-1-3-15-30)28-29-24(31)33-17-23(32)27-20-8-4-18(5-9-20)12-13-26/h4-11H,1-3,12,14-17H2,(H,27,32). The van der Waals surface area contributed by atoms with Gasteiger partial charge in [-0.2, -0.15) is 5.26 Å². The minimum absolute atomic E-state index is 0.156. The Hall–Kier alpha value is -3.22. The summed E-state index contributed by atoms with van der Waals surface area (Å²) in [6, 6.07) is 15.5. The first-order valence-corrected chi connectivity index (χ1v) is 11.9. The number of anilines is 1. The summed E-state index contributed by atoms with van der Waals surface area (Å²) in [4.78, 5) is 14.9. The number of hydrogen-bond acceptors (Lipinski definition) is 6. The number of halogens is 1. The van der Waals surface area contributed by atoms with Crippen molar-refractivity contribution < 1.29 is 9.18 Å². The maximum Gasteiger partial charge on any atom is 0.234 e. The van der Waals surface area contributed by atoms with Crippen molar-refractivity contribution in [2.24, 2.45) is 0 Å². The maximum atomic E-state index is 13.5. The molecule has 1 fully saturated rings. The van der Waals surface area contributed by atoms with E-state index in [9.17, 15) is 9.18 Å². The van der Waals surface area contributed by atoms with E-state index in [0.717, 1.165) is 30.2 Å². The van der Waals surface area contributed by atoms with Crippen molar-refractivity contribution in [3.05, 3.63) is 65.7 Å². The molecule has 2 aromatic carbocycles. The van der Waals surface area contributed by atoms with Crippen molar-refractivity contribution in [2.75, 3.05) is 24.2 Å². The molecule has 2 heterocycles. The zero-order valence-electron chi connectivity index (χ0n) is 18.2. The highest BCUT2D eigenvalue weighted by Crippen LogP contribution is 2.24. The fourth-order valence-electron chi connectivity index (χ4n) is 3.79. The Morgan fingerprint density at radius 1 is 1.06 bits per heavy atom. The number of nitrogens with one attached hydrogen (secondary N) is 1. The van der Waals surface area contributed by atoms with E-state index in [0.29, 0.717) is 23.8 Å². The Morgan fingerprint density at radius 3 is 2.48 bits per heavy atom. The molecule has 0 radical (unpaired) electrons. The highest BCUT2D eigenvalue weighted by atomic mass is 32.2. The van der Waals surface area contributed by atoms with E-state index < -0.39 is 0 Å². The van der Waals surface area contributed by atoms with Gasteiger partial charge in [-0.15, -0.1) is 10.2 Å². The van der Waals surface area contributed by atoms with E-state index in [1.807, 2.05) is 16.7 Å². The van der Waals surface area contributed by atoms with Crippen LogP contribution in [0.15, 0.2) is 53.7 Å². The number of likely N-dealkylation sites (tertiary alicyclic amines) is 1. The van der Waals surface area contributed by atoms with Crippen LogP contribution in [0.4, 0.5) is 10.1 Å². The minimum Gasteiger partial charge on any atom is -0.325 e. The Kier molecular flexibility index (Phi) is 7.70. The number of piperidine rings is 1. The molecule has 0 spiro atoms. The first-order valence-electron chi connectivity index (χ1n) is 10.9. The molecule has 9 heteroatoms. The van der Waals surface area contributed by atoms with Crippen molar-refractivity contribution in [1.82, 2.24) is 19.7 Å². The number of amides is 1. The molecule has 4 rings (SSSR count). The Balaban J connectivity index is 1.46. The van der Waals surface area contributed by atoms with E-state index in [1.54, 1.807) is 24.3 Å². The fraction of sp³-hybridized carbons (Fsp3) is 0.333. The van der Waals surface area contributed by atoms with Gasteiger partial charge in [-0.25, -0.2) is 4.39 Å². The first kappa shape index (κ1) is 23.0. The lowest BCUT2D eigenvalue weighted by Gasteiger charge is -2.26. The molecular weight excluding hydrogens is 439 g/mol. The summed E-state index contributed by atoms with van der Waals surface area (Å²) in [7, 11) is 0. The van der Waals surface area contributed by atoms with Crippen LogP contribution in [0.3, 0.4) is 0 Å². The van der Waals surface area contributed by atoms with Crippen LogP contribution in [0.5, 0.6) is 0 Å². The quantitative estimate of drug-likeness (QED) is 0.503.